The number of oxazole rings is 1. The second kappa shape index (κ2) is 15.1. The van der Waals surface area contributed by atoms with Crippen molar-refractivity contribution in [1.29, 1.82) is 5.26 Å². The second-order valence-electron chi connectivity index (χ2n) is 13.4. The Morgan fingerprint density at radius 2 is 1.59 bits per heavy atom. The minimum atomic E-state index is -5.80. The van der Waals surface area contributed by atoms with Gasteiger partial charge in [0.2, 0.25) is 5.82 Å². The molecule has 0 radical (unpaired) electrons. The topological polar surface area (TPSA) is 148 Å². The fraction of sp³-hybridized carbons (Fsp3) is 0.211. The lowest BCUT2D eigenvalue weighted by Gasteiger charge is -2.60. The van der Waals surface area contributed by atoms with Gasteiger partial charge in [0.25, 0.3) is 0 Å². The van der Waals surface area contributed by atoms with Crippen molar-refractivity contribution in [2.75, 3.05) is 9.80 Å². The van der Waals surface area contributed by atoms with Crippen molar-refractivity contribution < 1.29 is 53.1 Å². The molecule has 0 N–H and O–H groups in total. The van der Waals surface area contributed by atoms with E-state index in [1.165, 1.54) is 24.6 Å². The smallest absolute Gasteiger partial charge is 0.454 e. The summed E-state index contributed by atoms with van der Waals surface area (Å²) in [6.07, 6.45) is -12.0. The lowest BCUT2D eigenvalue weighted by Crippen LogP contribution is -2.78. The number of rotatable bonds is 8. The minimum absolute atomic E-state index is 0.115. The van der Waals surface area contributed by atoms with Gasteiger partial charge in [-0.05, 0) is 50.2 Å². The first-order chi connectivity index (χ1) is 29.7. The second-order valence-corrected chi connectivity index (χ2v) is 15.3. The first kappa shape index (κ1) is 42.7. The van der Waals surface area contributed by atoms with Crippen LogP contribution in [0.15, 0.2) is 94.4 Å². The maximum Gasteiger partial charge on any atom is 0.454 e. The highest BCUT2D eigenvalue weighted by Crippen LogP contribution is 2.63. The highest BCUT2D eigenvalue weighted by atomic mass is 32.1. The van der Waals surface area contributed by atoms with Gasteiger partial charge in [0.15, 0.2) is 22.3 Å². The third-order valence-electron chi connectivity index (χ3n) is 9.47. The number of ether oxygens (including phenoxy) is 1. The fourth-order valence-corrected chi connectivity index (χ4v) is 8.60. The summed E-state index contributed by atoms with van der Waals surface area (Å²) in [6, 6.07) is 5.99. The number of thiazole rings is 2. The van der Waals surface area contributed by atoms with E-state index in [0.717, 1.165) is 67.2 Å². The van der Waals surface area contributed by atoms with Crippen molar-refractivity contribution >= 4 is 39.3 Å². The monoisotopic (exact) mass is 919 g/mol. The molecule has 0 bridgehead atoms. The molecule has 13 nitrogen and oxygen atoms in total. The van der Waals surface area contributed by atoms with E-state index in [-0.39, 0.29) is 16.4 Å². The molecule has 25 heteroatoms. The van der Waals surface area contributed by atoms with Gasteiger partial charge in [0, 0.05) is 53.6 Å². The predicted octanol–water partition coefficient (Wildman–Crippen LogP) is 9.53. The van der Waals surface area contributed by atoms with Gasteiger partial charge in [-0.3, -0.25) is 14.8 Å². The highest BCUT2D eigenvalue weighted by molar-refractivity contribution is 7.13. The van der Waals surface area contributed by atoms with E-state index in [4.69, 9.17) is 9.15 Å². The zero-order chi connectivity index (χ0) is 45.3. The van der Waals surface area contributed by atoms with Crippen LogP contribution in [0.1, 0.15) is 50.5 Å². The number of hydrogen-bond acceptors (Lipinski definition) is 14. The normalized spacial score (nSPS) is 18.5. The summed E-state index contributed by atoms with van der Waals surface area (Å²) < 4.78 is 167. The summed E-state index contributed by atoms with van der Waals surface area (Å²) in [5.74, 6) is -7.25. The van der Waals surface area contributed by atoms with Crippen molar-refractivity contribution in [1.82, 2.24) is 39.7 Å². The van der Waals surface area contributed by atoms with Crippen LogP contribution in [-0.4, -0.2) is 45.9 Å². The Bertz CT molecular complexity index is 2880. The number of aryl methyl sites for hydroxylation is 3. The van der Waals surface area contributed by atoms with Crippen LogP contribution < -0.4 is 14.5 Å². The Balaban J connectivity index is 1.72. The molecule has 0 fully saturated rings. The van der Waals surface area contributed by atoms with Crippen LogP contribution in [0.5, 0.6) is 5.75 Å². The quantitative estimate of drug-likeness (QED) is 0.134. The number of anilines is 2. The van der Waals surface area contributed by atoms with E-state index in [9.17, 15) is 31.6 Å². The Kier molecular flexibility index (Phi) is 10.3. The van der Waals surface area contributed by atoms with E-state index >= 15 is 17.6 Å². The van der Waals surface area contributed by atoms with Crippen molar-refractivity contribution in [3.8, 4) is 11.8 Å². The van der Waals surface area contributed by atoms with Crippen LogP contribution in [0.2, 0.25) is 0 Å². The zero-order valence-electron chi connectivity index (χ0n) is 31.9. The van der Waals surface area contributed by atoms with E-state index < -0.39 is 98.1 Å². The Morgan fingerprint density at radius 3 is 2.11 bits per heavy atom. The first-order valence-corrected chi connectivity index (χ1v) is 19.5. The zero-order valence-corrected chi connectivity index (χ0v) is 33.5. The van der Waals surface area contributed by atoms with E-state index in [0.29, 0.717) is 50.3 Å². The molecule has 0 saturated heterocycles. The third-order valence-corrected chi connectivity index (χ3v) is 11.2. The molecule has 0 aliphatic carbocycles. The lowest BCUT2D eigenvalue weighted by molar-refractivity contribution is -0.222. The molecule has 1 aliphatic heterocycles. The molecule has 7 aromatic heterocycles. The standard InChI is InChI=1S/C38H23F10N11O2S2/c1-19-17-63-33(54-19)58-29(22-9-11-50-27(13-22)36(43,44)45)30(61-25-7-8-26(52-16-25)35(40,41)42)34(28-18-62-21(3)56-28,23-5-6-24(14-49)51-15-23)59(32-31(39)60-20(2)55-32)38(58,37(46,47)48)57-12-4-10-53-57/h4-13,15-18H,1-3H3. The summed E-state index contributed by atoms with van der Waals surface area (Å²) in [5.41, 5.74) is -8.61. The summed E-state index contributed by atoms with van der Waals surface area (Å²) in [4.78, 5) is 24.9. The van der Waals surface area contributed by atoms with Gasteiger partial charge in [-0.1, -0.05) is 6.07 Å². The maximum absolute atomic E-state index is 17.5. The molecule has 0 aromatic carbocycles. The van der Waals surface area contributed by atoms with E-state index in [2.05, 4.69) is 35.0 Å². The van der Waals surface area contributed by atoms with Crippen LogP contribution in [0, 0.1) is 38.1 Å². The van der Waals surface area contributed by atoms with Gasteiger partial charge < -0.3 is 9.15 Å². The molecule has 63 heavy (non-hydrogen) atoms. The summed E-state index contributed by atoms with van der Waals surface area (Å²) in [7, 11) is 0. The van der Waals surface area contributed by atoms with Gasteiger partial charge >= 0.3 is 30.3 Å². The molecule has 1 aliphatic rings. The molecule has 324 valence electrons. The summed E-state index contributed by atoms with van der Waals surface area (Å²) in [6.45, 7) is 4.01. The van der Waals surface area contributed by atoms with E-state index in [1.807, 2.05) is 0 Å². The largest absolute Gasteiger partial charge is 0.455 e. The molecule has 0 spiro atoms. The van der Waals surface area contributed by atoms with Crippen molar-refractivity contribution in [2.24, 2.45) is 0 Å². The Morgan fingerprint density at radius 1 is 0.825 bits per heavy atom. The SMILES string of the molecule is Cc1csc(N2C(c3ccnc(C(F)(F)F)c3)=C(Oc3ccc(C(F)(F)F)nc3)C(c3ccc(C#N)nc3)(c3csc(C)n3)N(c3nc(C)oc3F)C2(n2cccn2)C(F)(F)F)n1. The Labute approximate surface area is 355 Å². The molecule has 0 saturated carbocycles. The molecular formula is C38H23F10N11O2S2. The number of nitrogens with zero attached hydrogens (tertiary/aromatic N) is 11. The summed E-state index contributed by atoms with van der Waals surface area (Å²) >= 11 is 1.46. The molecule has 8 rings (SSSR count). The van der Waals surface area contributed by atoms with Crippen LogP contribution in [0.3, 0.4) is 0 Å². The van der Waals surface area contributed by atoms with Crippen LogP contribution in [-0.2, 0) is 23.7 Å². The molecular weight excluding hydrogens is 897 g/mol. The van der Waals surface area contributed by atoms with Crippen molar-refractivity contribution in [3.63, 3.8) is 0 Å². The van der Waals surface area contributed by atoms with Gasteiger partial charge in [-0.2, -0.15) is 59.2 Å². The fourth-order valence-electron chi connectivity index (χ4n) is 7.10. The number of halogens is 10. The molecule has 7 aromatic rings. The minimum Gasteiger partial charge on any atom is -0.455 e. The van der Waals surface area contributed by atoms with Crippen LogP contribution in [0.4, 0.5) is 54.9 Å². The summed E-state index contributed by atoms with van der Waals surface area (Å²) in [5, 5.41) is 16.0. The number of hydrogen-bond donors (Lipinski definition) is 0. The number of alkyl halides is 9. The van der Waals surface area contributed by atoms with Gasteiger partial charge in [0.05, 0.1) is 28.3 Å². The molecule has 0 amide bonds. The van der Waals surface area contributed by atoms with Gasteiger partial charge in [0.1, 0.15) is 28.9 Å². The van der Waals surface area contributed by atoms with Crippen LogP contribution in [0.25, 0.3) is 5.70 Å². The number of pyridine rings is 3. The van der Waals surface area contributed by atoms with Crippen molar-refractivity contribution in [2.45, 2.75) is 50.6 Å². The maximum atomic E-state index is 17.5. The third kappa shape index (κ3) is 6.98. The molecule has 2 atom stereocenters. The first-order valence-electron chi connectivity index (χ1n) is 17.7. The van der Waals surface area contributed by atoms with Gasteiger partial charge in [-0.15, -0.1) is 22.7 Å². The molecule has 8 heterocycles. The average Bonchev–Trinajstić information content (AvgIpc) is 4.06. The molecule has 2 unspecified atom stereocenters. The van der Waals surface area contributed by atoms with Crippen molar-refractivity contribution in [3.05, 3.63) is 146 Å². The number of nitriles is 1. The van der Waals surface area contributed by atoms with Crippen LogP contribution >= 0.6 is 22.7 Å². The lowest BCUT2D eigenvalue weighted by atomic mass is 9.77. The average molecular weight is 920 g/mol. The number of aromatic nitrogens is 8. The van der Waals surface area contributed by atoms with Gasteiger partial charge in [-0.25, -0.2) is 24.6 Å². The Hall–Kier alpha value is -6.94. The van der Waals surface area contributed by atoms with E-state index in [1.54, 1.807) is 6.07 Å². The predicted molar refractivity (Wildman–Crippen MR) is 202 cm³/mol. The highest BCUT2D eigenvalue weighted by Gasteiger charge is 2.76.